The molecule has 0 fully saturated rings. The molecule has 0 saturated carbocycles. The topological polar surface area (TPSA) is 77.8 Å². The van der Waals surface area contributed by atoms with Crippen LogP contribution in [0.15, 0.2) is 65.1 Å². The molecule has 0 aliphatic heterocycles. The van der Waals surface area contributed by atoms with Gasteiger partial charge in [-0.05, 0) is 31.2 Å². The smallest absolute Gasteiger partial charge is 0.265 e. The van der Waals surface area contributed by atoms with E-state index in [9.17, 15) is 9.59 Å². The Morgan fingerprint density at radius 1 is 1.03 bits per heavy atom. The van der Waals surface area contributed by atoms with E-state index in [-0.39, 0.29) is 5.91 Å². The first kappa shape index (κ1) is 18.6. The van der Waals surface area contributed by atoms with E-state index in [1.807, 2.05) is 30.3 Å². The summed E-state index contributed by atoms with van der Waals surface area (Å²) in [5.74, 6) is 0.611. The molecule has 6 nitrogen and oxygen atoms in total. The van der Waals surface area contributed by atoms with Gasteiger partial charge in [0.25, 0.3) is 5.91 Å². The fourth-order valence-corrected chi connectivity index (χ4v) is 3.17. The second-order valence-corrected chi connectivity index (χ2v) is 6.59. The van der Waals surface area contributed by atoms with Crippen molar-refractivity contribution in [3.8, 4) is 11.5 Å². The molecule has 0 spiro atoms. The SMILES string of the molecule is COc1cc2c(cc1NC(=O)[C@@H](C)Oc1cccc(C=O)c1)oc1ccccc12. The van der Waals surface area contributed by atoms with Gasteiger partial charge in [0.2, 0.25) is 0 Å². The minimum atomic E-state index is -0.784. The summed E-state index contributed by atoms with van der Waals surface area (Å²) in [5, 5.41) is 4.71. The van der Waals surface area contributed by atoms with Crippen molar-refractivity contribution in [2.45, 2.75) is 13.0 Å². The molecule has 1 amide bonds. The van der Waals surface area contributed by atoms with Crippen LogP contribution >= 0.6 is 0 Å². The second-order valence-electron chi connectivity index (χ2n) is 6.59. The Labute approximate surface area is 167 Å². The van der Waals surface area contributed by atoms with Crippen molar-refractivity contribution < 1.29 is 23.5 Å². The molecule has 1 N–H and O–H groups in total. The number of aldehydes is 1. The maximum Gasteiger partial charge on any atom is 0.265 e. The molecule has 1 heterocycles. The van der Waals surface area contributed by atoms with Crippen LogP contribution in [0.5, 0.6) is 11.5 Å². The molecule has 3 aromatic carbocycles. The molecule has 0 radical (unpaired) electrons. The minimum Gasteiger partial charge on any atom is -0.495 e. The van der Waals surface area contributed by atoms with Crippen molar-refractivity contribution in [3.63, 3.8) is 0 Å². The van der Waals surface area contributed by atoms with Crippen molar-refractivity contribution >= 4 is 39.8 Å². The molecule has 0 bridgehead atoms. The number of fused-ring (bicyclic) bond motifs is 3. The van der Waals surface area contributed by atoms with Crippen LogP contribution < -0.4 is 14.8 Å². The number of amides is 1. The number of benzene rings is 3. The summed E-state index contributed by atoms with van der Waals surface area (Å²) in [6, 6.07) is 17.9. The highest BCUT2D eigenvalue weighted by Crippen LogP contribution is 2.36. The molecule has 1 aromatic heterocycles. The third-order valence-corrected chi connectivity index (χ3v) is 4.63. The number of para-hydroxylation sites is 1. The number of carbonyl (C=O) groups is 2. The van der Waals surface area contributed by atoms with Crippen molar-refractivity contribution in [2.75, 3.05) is 12.4 Å². The van der Waals surface area contributed by atoms with E-state index in [0.717, 1.165) is 22.6 Å². The van der Waals surface area contributed by atoms with Crippen molar-refractivity contribution in [2.24, 2.45) is 0 Å². The summed E-state index contributed by atoms with van der Waals surface area (Å²) >= 11 is 0. The van der Waals surface area contributed by atoms with Crippen LogP contribution in [0, 0.1) is 0 Å². The molecule has 0 saturated heterocycles. The quantitative estimate of drug-likeness (QED) is 0.479. The summed E-state index contributed by atoms with van der Waals surface area (Å²) in [6.45, 7) is 1.63. The lowest BCUT2D eigenvalue weighted by Gasteiger charge is -2.16. The van der Waals surface area contributed by atoms with Crippen molar-refractivity contribution in [1.82, 2.24) is 0 Å². The Hall–Kier alpha value is -3.80. The average Bonchev–Trinajstić information content (AvgIpc) is 3.10. The molecular formula is C23H19NO5. The Balaban J connectivity index is 1.59. The van der Waals surface area contributed by atoms with Gasteiger partial charge in [0.15, 0.2) is 6.10 Å². The summed E-state index contributed by atoms with van der Waals surface area (Å²) in [5.41, 5.74) is 2.38. The fourth-order valence-electron chi connectivity index (χ4n) is 3.17. The molecule has 6 heteroatoms. The summed E-state index contributed by atoms with van der Waals surface area (Å²) in [6.07, 6.45) is -0.0571. The van der Waals surface area contributed by atoms with Gasteiger partial charge in [0.1, 0.15) is 29.0 Å². The van der Waals surface area contributed by atoms with Gasteiger partial charge in [-0.3, -0.25) is 9.59 Å². The van der Waals surface area contributed by atoms with Gasteiger partial charge in [-0.1, -0.05) is 30.3 Å². The van der Waals surface area contributed by atoms with E-state index in [4.69, 9.17) is 13.9 Å². The minimum absolute atomic E-state index is 0.352. The van der Waals surface area contributed by atoms with Crippen LogP contribution in [-0.2, 0) is 4.79 Å². The van der Waals surface area contributed by atoms with E-state index in [1.54, 1.807) is 44.4 Å². The normalized spacial score (nSPS) is 11.9. The first-order valence-electron chi connectivity index (χ1n) is 9.11. The number of hydrogen-bond donors (Lipinski definition) is 1. The van der Waals surface area contributed by atoms with Gasteiger partial charge in [-0.25, -0.2) is 0 Å². The molecule has 0 aliphatic rings. The van der Waals surface area contributed by atoms with Crippen LogP contribution in [0.2, 0.25) is 0 Å². The number of ether oxygens (including phenoxy) is 2. The van der Waals surface area contributed by atoms with Gasteiger partial charge in [0, 0.05) is 22.4 Å². The lowest BCUT2D eigenvalue weighted by molar-refractivity contribution is -0.122. The number of anilines is 1. The maximum atomic E-state index is 12.7. The van der Waals surface area contributed by atoms with Gasteiger partial charge in [-0.2, -0.15) is 0 Å². The van der Waals surface area contributed by atoms with Crippen LogP contribution in [0.3, 0.4) is 0 Å². The van der Waals surface area contributed by atoms with Crippen molar-refractivity contribution in [3.05, 3.63) is 66.2 Å². The number of nitrogens with one attached hydrogen (secondary N) is 1. The van der Waals surface area contributed by atoms with Gasteiger partial charge >= 0.3 is 0 Å². The Bertz CT molecular complexity index is 1210. The Morgan fingerprint density at radius 2 is 1.86 bits per heavy atom. The largest absolute Gasteiger partial charge is 0.495 e. The number of hydrogen-bond acceptors (Lipinski definition) is 5. The number of carbonyl (C=O) groups excluding carboxylic acids is 2. The molecule has 1 atom stereocenters. The molecule has 4 rings (SSSR count). The standard InChI is InChI=1S/C23H19NO5/c1-14(28-16-7-5-6-15(10-16)13-25)23(26)24-19-12-21-18(11-22(19)27-2)17-8-3-4-9-20(17)29-21/h3-14H,1-2H3,(H,24,26)/t14-/m1/s1. The van der Waals surface area contributed by atoms with E-state index < -0.39 is 6.10 Å². The number of methoxy groups -OCH3 is 1. The third kappa shape index (κ3) is 3.65. The predicted molar refractivity (Wildman–Crippen MR) is 111 cm³/mol. The molecule has 146 valence electrons. The molecule has 29 heavy (non-hydrogen) atoms. The van der Waals surface area contributed by atoms with Gasteiger partial charge in [0.05, 0.1) is 12.8 Å². The predicted octanol–water partition coefficient (Wildman–Crippen LogP) is 4.81. The highest BCUT2D eigenvalue weighted by Gasteiger charge is 2.19. The number of furan rings is 1. The second kappa shape index (κ2) is 7.67. The number of rotatable bonds is 6. The zero-order valence-electron chi connectivity index (χ0n) is 16.0. The zero-order chi connectivity index (χ0) is 20.4. The molecular weight excluding hydrogens is 370 g/mol. The Morgan fingerprint density at radius 3 is 2.66 bits per heavy atom. The zero-order valence-corrected chi connectivity index (χ0v) is 16.0. The van der Waals surface area contributed by atoms with E-state index >= 15 is 0 Å². The van der Waals surface area contributed by atoms with Gasteiger partial charge in [-0.15, -0.1) is 0 Å². The molecule has 0 unspecified atom stereocenters. The van der Waals surface area contributed by atoms with E-state index in [1.165, 1.54) is 0 Å². The first-order chi connectivity index (χ1) is 14.1. The molecule has 4 aromatic rings. The van der Waals surface area contributed by atoms with Crippen molar-refractivity contribution in [1.29, 1.82) is 0 Å². The average molecular weight is 389 g/mol. The van der Waals surface area contributed by atoms with Crippen LogP contribution in [0.25, 0.3) is 21.9 Å². The monoisotopic (exact) mass is 389 g/mol. The fraction of sp³-hybridized carbons (Fsp3) is 0.130. The lowest BCUT2D eigenvalue weighted by atomic mass is 10.1. The summed E-state index contributed by atoms with van der Waals surface area (Å²) in [4.78, 5) is 23.6. The molecule has 0 aliphatic carbocycles. The summed E-state index contributed by atoms with van der Waals surface area (Å²) in [7, 11) is 1.55. The highest BCUT2D eigenvalue weighted by atomic mass is 16.5. The van der Waals surface area contributed by atoms with E-state index in [0.29, 0.717) is 28.3 Å². The highest BCUT2D eigenvalue weighted by molar-refractivity contribution is 6.08. The Kier molecular flexibility index (Phi) is 4.91. The summed E-state index contributed by atoms with van der Waals surface area (Å²) < 4.78 is 17.0. The van der Waals surface area contributed by atoms with Gasteiger partial charge < -0.3 is 19.2 Å². The maximum absolute atomic E-state index is 12.7. The van der Waals surface area contributed by atoms with Crippen LogP contribution in [0.4, 0.5) is 5.69 Å². The van der Waals surface area contributed by atoms with Crippen LogP contribution in [-0.4, -0.2) is 25.4 Å². The third-order valence-electron chi connectivity index (χ3n) is 4.63. The first-order valence-corrected chi connectivity index (χ1v) is 9.11. The van der Waals surface area contributed by atoms with E-state index in [2.05, 4.69) is 5.32 Å². The lowest BCUT2D eigenvalue weighted by Crippen LogP contribution is -2.30. The van der Waals surface area contributed by atoms with Crippen LogP contribution in [0.1, 0.15) is 17.3 Å².